The number of nitrogens with zero attached hydrogens (tertiary/aromatic N) is 2. The van der Waals surface area contributed by atoms with Gasteiger partial charge in [0.15, 0.2) is 0 Å². The Kier molecular flexibility index (Phi) is 7.23. The molecule has 0 spiro atoms. The molecule has 1 N–H and O–H groups in total. The second-order valence-electron chi connectivity index (χ2n) is 7.89. The first-order valence-corrected chi connectivity index (χ1v) is 11.3. The highest BCUT2D eigenvalue weighted by Crippen LogP contribution is 2.25. The predicted molar refractivity (Wildman–Crippen MR) is 134 cm³/mol. The molecule has 1 saturated heterocycles. The van der Waals surface area contributed by atoms with Gasteiger partial charge in [-0.2, -0.15) is 0 Å². The summed E-state index contributed by atoms with van der Waals surface area (Å²) in [6.45, 7) is 2.63. The van der Waals surface area contributed by atoms with E-state index in [9.17, 15) is 9.59 Å². The summed E-state index contributed by atoms with van der Waals surface area (Å²) in [5.41, 5.74) is 2.84. The van der Waals surface area contributed by atoms with Crippen molar-refractivity contribution in [2.75, 3.05) is 50.6 Å². The van der Waals surface area contributed by atoms with Crippen molar-refractivity contribution in [1.82, 2.24) is 4.90 Å². The molecule has 7 nitrogen and oxygen atoms in total. The molecule has 8 heteroatoms. The van der Waals surface area contributed by atoms with Crippen molar-refractivity contribution in [3.8, 4) is 11.5 Å². The number of hydrogen-bond acceptors (Lipinski definition) is 5. The minimum atomic E-state index is -0.189. The summed E-state index contributed by atoms with van der Waals surface area (Å²) in [6, 6.07) is 19.7. The van der Waals surface area contributed by atoms with E-state index in [1.807, 2.05) is 29.2 Å². The van der Waals surface area contributed by atoms with Gasteiger partial charge in [-0.25, -0.2) is 0 Å². The summed E-state index contributed by atoms with van der Waals surface area (Å²) >= 11 is 5.88. The maximum atomic E-state index is 13.0. The maximum Gasteiger partial charge on any atom is 0.255 e. The molecule has 0 aliphatic carbocycles. The van der Waals surface area contributed by atoms with Crippen LogP contribution in [0.2, 0.25) is 5.02 Å². The minimum Gasteiger partial charge on any atom is -0.497 e. The molecule has 0 saturated carbocycles. The molecule has 0 aromatic heterocycles. The Morgan fingerprint density at radius 3 is 1.94 bits per heavy atom. The quantitative estimate of drug-likeness (QED) is 0.560. The first-order valence-electron chi connectivity index (χ1n) is 10.9. The van der Waals surface area contributed by atoms with E-state index in [2.05, 4.69) is 10.2 Å². The van der Waals surface area contributed by atoms with E-state index in [4.69, 9.17) is 21.1 Å². The van der Waals surface area contributed by atoms with Crippen molar-refractivity contribution in [2.24, 2.45) is 0 Å². The van der Waals surface area contributed by atoms with Crippen molar-refractivity contribution in [3.63, 3.8) is 0 Å². The third-order valence-electron chi connectivity index (χ3n) is 5.76. The number of amides is 2. The lowest BCUT2D eigenvalue weighted by Crippen LogP contribution is -2.48. The van der Waals surface area contributed by atoms with Crippen molar-refractivity contribution in [1.29, 1.82) is 0 Å². The molecule has 1 aliphatic rings. The molecule has 176 valence electrons. The Balaban J connectivity index is 1.34. The molecule has 1 heterocycles. The lowest BCUT2D eigenvalue weighted by atomic mass is 10.1. The molecule has 0 atom stereocenters. The number of methoxy groups -OCH3 is 2. The molecule has 3 aromatic carbocycles. The molecule has 2 amide bonds. The lowest BCUT2D eigenvalue weighted by Gasteiger charge is -2.36. The summed E-state index contributed by atoms with van der Waals surface area (Å²) < 4.78 is 10.6. The van der Waals surface area contributed by atoms with E-state index in [1.54, 1.807) is 56.7 Å². The largest absolute Gasteiger partial charge is 0.497 e. The van der Waals surface area contributed by atoms with Gasteiger partial charge in [0, 0.05) is 59.8 Å². The summed E-state index contributed by atoms with van der Waals surface area (Å²) in [7, 11) is 3.13. The Labute approximate surface area is 203 Å². The fourth-order valence-corrected chi connectivity index (χ4v) is 3.97. The van der Waals surface area contributed by atoms with Crippen LogP contribution in [0.1, 0.15) is 20.7 Å². The zero-order valence-corrected chi connectivity index (χ0v) is 19.8. The molecule has 0 radical (unpaired) electrons. The Hall–Kier alpha value is -3.71. The van der Waals surface area contributed by atoms with Gasteiger partial charge in [-0.15, -0.1) is 0 Å². The van der Waals surface area contributed by atoms with Crippen LogP contribution in [0.15, 0.2) is 66.7 Å². The van der Waals surface area contributed by atoms with Crippen LogP contribution in [0.25, 0.3) is 0 Å². The van der Waals surface area contributed by atoms with Gasteiger partial charge in [0.2, 0.25) is 0 Å². The SMILES string of the molecule is COc1cc(OC)cc(C(=O)N2CCN(c3ccc(NC(=O)c4ccc(Cl)cc4)cc3)CC2)c1. The number of rotatable bonds is 6. The second kappa shape index (κ2) is 10.5. The average molecular weight is 480 g/mol. The number of carbonyl (C=O) groups excluding carboxylic acids is 2. The lowest BCUT2D eigenvalue weighted by molar-refractivity contribution is 0.0746. The monoisotopic (exact) mass is 479 g/mol. The number of carbonyl (C=O) groups is 2. The third-order valence-corrected chi connectivity index (χ3v) is 6.01. The zero-order valence-electron chi connectivity index (χ0n) is 19.1. The molecule has 1 fully saturated rings. The smallest absolute Gasteiger partial charge is 0.255 e. The highest BCUT2D eigenvalue weighted by Gasteiger charge is 2.23. The van der Waals surface area contributed by atoms with Crippen LogP contribution in [0.3, 0.4) is 0 Å². The Bertz CT molecular complexity index is 1140. The highest BCUT2D eigenvalue weighted by atomic mass is 35.5. The van der Waals surface area contributed by atoms with Gasteiger partial charge in [-0.3, -0.25) is 9.59 Å². The van der Waals surface area contributed by atoms with Crippen LogP contribution in [0.5, 0.6) is 11.5 Å². The predicted octanol–water partition coefficient (Wildman–Crippen LogP) is 4.57. The second-order valence-corrected chi connectivity index (χ2v) is 8.32. The van der Waals surface area contributed by atoms with Gasteiger partial charge in [-0.05, 0) is 60.7 Å². The van der Waals surface area contributed by atoms with Crippen molar-refractivity contribution >= 4 is 34.8 Å². The van der Waals surface area contributed by atoms with E-state index < -0.39 is 0 Å². The van der Waals surface area contributed by atoms with Gasteiger partial charge < -0.3 is 24.6 Å². The first kappa shape index (κ1) is 23.4. The van der Waals surface area contributed by atoms with E-state index >= 15 is 0 Å². The zero-order chi connectivity index (χ0) is 24.1. The number of piperazine rings is 1. The molecular formula is C26H26ClN3O4. The highest BCUT2D eigenvalue weighted by molar-refractivity contribution is 6.30. The molecule has 1 aliphatic heterocycles. The fraction of sp³-hybridized carbons (Fsp3) is 0.231. The van der Waals surface area contributed by atoms with E-state index in [-0.39, 0.29) is 11.8 Å². The molecule has 0 bridgehead atoms. The molecule has 34 heavy (non-hydrogen) atoms. The number of benzene rings is 3. The number of ether oxygens (including phenoxy) is 2. The van der Waals surface area contributed by atoms with Crippen LogP contribution in [-0.4, -0.2) is 57.1 Å². The topological polar surface area (TPSA) is 71.1 Å². The van der Waals surface area contributed by atoms with Crippen molar-refractivity contribution in [3.05, 3.63) is 82.9 Å². The summed E-state index contributed by atoms with van der Waals surface area (Å²) in [6.07, 6.45) is 0. The van der Waals surface area contributed by atoms with Gasteiger partial charge in [0.1, 0.15) is 11.5 Å². The Morgan fingerprint density at radius 2 is 1.38 bits per heavy atom. The van der Waals surface area contributed by atoms with Crippen molar-refractivity contribution in [2.45, 2.75) is 0 Å². The molecular weight excluding hydrogens is 454 g/mol. The van der Waals surface area contributed by atoms with Crippen LogP contribution in [-0.2, 0) is 0 Å². The van der Waals surface area contributed by atoms with Crippen LogP contribution >= 0.6 is 11.6 Å². The van der Waals surface area contributed by atoms with E-state index in [0.29, 0.717) is 59.5 Å². The standard InChI is InChI=1S/C26H26ClN3O4/c1-33-23-15-19(16-24(17-23)34-2)26(32)30-13-11-29(12-14-30)22-9-7-21(8-10-22)28-25(31)18-3-5-20(27)6-4-18/h3-10,15-17H,11-14H2,1-2H3,(H,28,31). The first-order chi connectivity index (χ1) is 16.5. The molecule has 3 aromatic rings. The molecule has 4 rings (SSSR count). The van der Waals surface area contributed by atoms with Crippen LogP contribution in [0, 0.1) is 0 Å². The number of hydrogen-bond donors (Lipinski definition) is 1. The number of halogens is 1. The van der Waals surface area contributed by atoms with Gasteiger partial charge in [-0.1, -0.05) is 11.6 Å². The van der Waals surface area contributed by atoms with E-state index in [1.165, 1.54) is 0 Å². The maximum absolute atomic E-state index is 13.0. The number of nitrogens with one attached hydrogen (secondary N) is 1. The van der Waals surface area contributed by atoms with E-state index in [0.717, 1.165) is 5.69 Å². The summed E-state index contributed by atoms with van der Waals surface area (Å²) in [5.74, 6) is 0.942. The summed E-state index contributed by atoms with van der Waals surface area (Å²) in [4.78, 5) is 29.5. The minimum absolute atomic E-state index is 0.0443. The Morgan fingerprint density at radius 1 is 0.794 bits per heavy atom. The summed E-state index contributed by atoms with van der Waals surface area (Å²) in [5, 5.41) is 3.48. The fourth-order valence-electron chi connectivity index (χ4n) is 3.84. The van der Waals surface area contributed by atoms with Gasteiger partial charge >= 0.3 is 0 Å². The van der Waals surface area contributed by atoms with Crippen molar-refractivity contribution < 1.29 is 19.1 Å². The van der Waals surface area contributed by atoms with Crippen LogP contribution < -0.4 is 19.7 Å². The van der Waals surface area contributed by atoms with Crippen LogP contribution in [0.4, 0.5) is 11.4 Å². The average Bonchev–Trinajstić information content (AvgIpc) is 2.88. The third kappa shape index (κ3) is 5.43. The van der Waals surface area contributed by atoms with Gasteiger partial charge in [0.05, 0.1) is 14.2 Å². The normalized spacial score (nSPS) is 13.4. The molecule has 0 unspecified atom stereocenters. The van der Waals surface area contributed by atoms with Gasteiger partial charge in [0.25, 0.3) is 11.8 Å². The number of anilines is 2.